The molecule has 0 aliphatic carbocycles. The zero-order chi connectivity index (χ0) is 17.8. The maximum absolute atomic E-state index is 12.3. The highest BCUT2D eigenvalue weighted by molar-refractivity contribution is 5.94. The number of nitrogens with one attached hydrogen (secondary N) is 2. The van der Waals surface area contributed by atoms with Gasteiger partial charge in [-0.25, -0.2) is 4.98 Å². The summed E-state index contributed by atoms with van der Waals surface area (Å²) in [5.74, 6) is 2.01. The van der Waals surface area contributed by atoms with Crippen LogP contribution in [0.15, 0.2) is 78.9 Å². The summed E-state index contributed by atoms with van der Waals surface area (Å²) < 4.78 is 5.73. The molecule has 0 bridgehead atoms. The van der Waals surface area contributed by atoms with E-state index in [1.54, 1.807) is 24.3 Å². The Kier molecular flexibility index (Phi) is 4.35. The average Bonchev–Trinajstić information content (AvgIpc) is 3.10. The fourth-order valence-corrected chi connectivity index (χ4v) is 2.65. The van der Waals surface area contributed by atoms with Crippen molar-refractivity contribution in [2.45, 2.75) is 6.54 Å². The van der Waals surface area contributed by atoms with Crippen LogP contribution in [0.1, 0.15) is 16.2 Å². The van der Waals surface area contributed by atoms with Crippen molar-refractivity contribution in [1.29, 1.82) is 0 Å². The number of benzene rings is 3. The summed E-state index contributed by atoms with van der Waals surface area (Å²) in [4.78, 5) is 20.0. The lowest BCUT2D eigenvalue weighted by Gasteiger charge is -2.07. The second-order valence-electron chi connectivity index (χ2n) is 5.82. The van der Waals surface area contributed by atoms with Crippen molar-refractivity contribution in [2.24, 2.45) is 0 Å². The van der Waals surface area contributed by atoms with E-state index >= 15 is 0 Å². The SMILES string of the molecule is O=C(NCc1nc2ccccc2[nH]1)c1ccc(Oc2ccccc2)cc1. The van der Waals surface area contributed by atoms with E-state index in [1.807, 2.05) is 54.6 Å². The minimum absolute atomic E-state index is 0.156. The maximum atomic E-state index is 12.3. The Morgan fingerprint density at radius 1 is 0.885 bits per heavy atom. The molecule has 0 spiro atoms. The number of aromatic amines is 1. The van der Waals surface area contributed by atoms with Crippen LogP contribution in [0.25, 0.3) is 11.0 Å². The van der Waals surface area contributed by atoms with Gasteiger partial charge in [0.15, 0.2) is 0 Å². The number of H-pyrrole nitrogens is 1. The van der Waals surface area contributed by atoms with E-state index in [0.29, 0.717) is 17.9 Å². The normalized spacial score (nSPS) is 10.6. The number of rotatable bonds is 5. The van der Waals surface area contributed by atoms with Gasteiger partial charge in [-0.3, -0.25) is 4.79 Å². The predicted octanol–water partition coefficient (Wildman–Crippen LogP) is 4.29. The lowest BCUT2D eigenvalue weighted by Crippen LogP contribution is -2.23. The Balaban J connectivity index is 1.38. The maximum Gasteiger partial charge on any atom is 0.251 e. The molecule has 1 aromatic heterocycles. The lowest BCUT2D eigenvalue weighted by atomic mass is 10.2. The van der Waals surface area contributed by atoms with Gasteiger partial charge in [-0.1, -0.05) is 30.3 Å². The summed E-state index contributed by atoms with van der Waals surface area (Å²) >= 11 is 0. The van der Waals surface area contributed by atoms with E-state index in [9.17, 15) is 4.79 Å². The average molecular weight is 343 g/mol. The van der Waals surface area contributed by atoms with Gasteiger partial charge in [0.2, 0.25) is 0 Å². The van der Waals surface area contributed by atoms with Crippen LogP contribution in [0.4, 0.5) is 0 Å². The molecular formula is C21H17N3O2. The van der Waals surface area contributed by atoms with E-state index < -0.39 is 0 Å². The van der Waals surface area contributed by atoms with Gasteiger partial charge in [-0.15, -0.1) is 0 Å². The smallest absolute Gasteiger partial charge is 0.251 e. The fraction of sp³-hybridized carbons (Fsp3) is 0.0476. The van der Waals surface area contributed by atoms with Crippen LogP contribution in [0, 0.1) is 0 Å². The van der Waals surface area contributed by atoms with Gasteiger partial charge >= 0.3 is 0 Å². The number of amides is 1. The van der Waals surface area contributed by atoms with Gasteiger partial charge in [-0.05, 0) is 48.5 Å². The Hall–Kier alpha value is -3.60. The number of aromatic nitrogens is 2. The largest absolute Gasteiger partial charge is 0.457 e. The molecule has 5 heteroatoms. The molecule has 0 atom stereocenters. The molecule has 3 aromatic carbocycles. The first-order valence-corrected chi connectivity index (χ1v) is 8.33. The molecule has 0 saturated carbocycles. The summed E-state index contributed by atoms with van der Waals surface area (Å²) in [6.07, 6.45) is 0. The molecule has 0 unspecified atom stereocenters. The first-order valence-electron chi connectivity index (χ1n) is 8.33. The number of ether oxygens (including phenoxy) is 1. The Morgan fingerprint density at radius 3 is 2.35 bits per heavy atom. The monoisotopic (exact) mass is 343 g/mol. The Bertz CT molecular complexity index is 991. The number of hydrogen-bond donors (Lipinski definition) is 2. The molecule has 0 aliphatic heterocycles. The van der Waals surface area contributed by atoms with Gasteiger partial charge in [0.25, 0.3) is 5.91 Å². The third kappa shape index (κ3) is 3.57. The number of para-hydroxylation sites is 3. The molecule has 4 rings (SSSR count). The number of nitrogens with zero attached hydrogens (tertiary/aromatic N) is 1. The molecule has 0 fully saturated rings. The third-order valence-electron chi connectivity index (χ3n) is 3.95. The first-order chi connectivity index (χ1) is 12.8. The molecule has 1 amide bonds. The lowest BCUT2D eigenvalue weighted by molar-refractivity contribution is 0.0950. The van der Waals surface area contributed by atoms with Crippen molar-refractivity contribution in [3.8, 4) is 11.5 Å². The summed E-state index contributed by atoms with van der Waals surface area (Å²) in [5.41, 5.74) is 2.42. The minimum Gasteiger partial charge on any atom is -0.457 e. The number of fused-ring (bicyclic) bond motifs is 1. The second kappa shape index (κ2) is 7.11. The van der Waals surface area contributed by atoms with Crippen molar-refractivity contribution in [3.63, 3.8) is 0 Å². The molecule has 5 nitrogen and oxygen atoms in total. The van der Waals surface area contributed by atoms with E-state index in [1.165, 1.54) is 0 Å². The van der Waals surface area contributed by atoms with E-state index in [4.69, 9.17) is 4.74 Å². The van der Waals surface area contributed by atoms with E-state index in [-0.39, 0.29) is 5.91 Å². The van der Waals surface area contributed by atoms with Crippen LogP contribution in [-0.2, 0) is 6.54 Å². The van der Waals surface area contributed by atoms with Crippen LogP contribution in [0.5, 0.6) is 11.5 Å². The fourth-order valence-electron chi connectivity index (χ4n) is 2.65. The van der Waals surface area contributed by atoms with Gasteiger partial charge < -0.3 is 15.0 Å². The quantitative estimate of drug-likeness (QED) is 0.568. The predicted molar refractivity (Wildman–Crippen MR) is 100 cm³/mol. The molecule has 1 heterocycles. The number of carbonyl (C=O) groups excluding carboxylic acids is 1. The Labute approximate surface area is 150 Å². The molecule has 0 aliphatic rings. The van der Waals surface area contributed by atoms with Crippen LogP contribution < -0.4 is 10.1 Å². The van der Waals surface area contributed by atoms with Crippen molar-refractivity contribution in [2.75, 3.05) is 0 Å². The van der Waals surface area contributed by atoms with Crippen LogP contribution in [0.2, 0.25) is 0 Å². The van der Waals surface area contributed by atoms with E-state index in [2.05, 4.69) is 15.3 Å². The zero-order valence-corrected chi connectivity index (χ0v) is 14.0. The van der Waals surface area contributed by atoms with Gasteiger partial charge in [0.05, 0.1) is 17.6 Å². The first kappa shape index (κ1) is 15.9. The highest BCUT2D eigenvalue weighted by Crippen LogP contribution is 2.21. The summed E-state index contributed by atoms with van der Waals surface area (Å²) in [6, 6.07) is 24.3. The summed E-state index contributed by atoms with van der Waals surface area (Å²) in [5, 5.41) is 2.87. The van der Waals surface area contributed by atoms with Gasteiger partial charge in [0, 0.05) is 5.56 Å². The Morgan fingerprint density at radius 2 is 1.58 bits per heavy atom. The topological polar surface area (TPSA) is 67.0 Å². The highest BCUT2D eigenvalue weighted by Gasteiger charge is 2.08. The van der Waals surface area contributed by atoms with E-state index in [0.717, 1.165) is 22.6 Å². The number of carbonyl (C=O) groups is 1. The van der Waals surface area contributed by atoms with Crippen molar-refractivity contribution in [3.05, 3.63) is 90.3 Å². The summed E-state index contributed by atoms with van der Waals surface area (Å²) in [6.45, 7) is 0.343. The summed E-state index contributed by atoms with van der Waals surface area (Å²) in [7, 11) is 0. The number of hydrogen-bond acceptors (Lipinski definition) is 3. The van der Waals surface area contributed by atoms with Crippen LogP contribution in [0.3, 0.4) is 0 Å². The third-order valence-corrected chi connectivity index (χ3v) is 3.95. The van der Waals surface area contributed by atoms with Gasteiger partial charge in [0.1, 0.15) is 17.3 Å². The molecule has 26 heavy (non-hydrogen) atoms. The van der Waals surface area contributed by atoms with Crippen LogP contribution >= 0.6 is 0 Å². The minimum atomic E-state index is -0.156. The van der Waals surface area contributed by atoms with Crippen LogP contribution in [-0.4, -0.2) is 15.9 Å². The van der Waals surface area contributed by atoms with Gasteiger partial charge in [-0.2, -0.15) is 0 Å². The molecule has 0 radical (unpaired) electrons. The second-order valence-corrected chi connectivity index (χ2v) is 5.82. The standard InChI is InChI=1S/C21H17N3O2/c25-21(22-14-20-23-18-8-4-5-9-19(18)24-20)15-10-12-17(13-11-15)26-16-6-2-1-3-7-16/h1-13H,14H2,(H,22,25)(H,23,24). The number of imidazole rings is 1. The van der Waals surface area contributed by atoms with Crippen molar-refractivity contribution >= 4 is 16.9 Å². The molecule has 0 saturated heterocycles. The molecule has 2 N–H and O–H groups in total. The van der Waals surface area contributed by atoms with Crippen molar-refractivity contribution < 1.29 is 9.53 Å². The molecule has 128 valence electrons. The zero-order valence-electron chi connectivity index (χ0n) is 14.0. The highest BCUT2D eigenvalue weighted by atomic mass is 16.5. The molecule has 4 aromatic rings. The van der Waals surface area contributed by atoms with Crippen molar-refractivity contribution in [1.82, 2.24) is 15.3 Å². The molecular weight excluding hydrogens is 326 g/mol.